The number of rotatable bonds is 9. The van der Waals surface area contributed by atoms with Gasteiger partial charge in [-0.3, -0.25) is 9.59 Å². The Bertz CT molecular complexity index is 1670. The molecule has 0 spiro atoms. The van der Waals surface area contributed by atoms with E-state index < -0.39 is 5.97 Å². The van der Waals surface area contributed by atoms with Crippen molar-refractivity contribution in [2.75, 3.05) is 0 Å². The number of benzene rings is 4. The molecule has 6 nitrogen and oxygen atoms in total. The smallest absolute Gasteiger partial charge is 0.303 e. The van der Waals surface area contributed by atoms with Crippen LogP contribution in [0.1, 0.15) is 53.8 Å². The minimum atomic E-state index is -0.841. The molecule has 39 heavy (non-hydrogen) atoms. The normalized spacial score (nSPS) is 11.9. The van der Waals surface area contributed by atoms with Gasteiger partial charge in [0, 0.05) is 17.5 Å². The molecule has 0 saturated carbocycles. The zero-order chi connectivity index (χ0) is 27.4. The summed E-state index contributed by atoms with van der Waals surface area (Å²) in [6.07, 6.45) is 1.71. The van der Waals surface area contributed by atoms with Gasteiger partial charge in [-0.2, -0.15) is 0 Å². The third-order valence-electron chi connectivity index (χ3n) is 6.79. The highest BCUT2D eigenvalue weighted by Crippen LogP contribution is 2.26. The average molecular weight is 522 g/mol. The van der Waals surface area contributed by atoms with Gasteiger partial charge in [0.2, 0.25) is 0 Å². The number of amides is 1. The first-order chi connectivity index (χ1) is 18.9. The van der Waals surface area contributed by atoms with Crippen molar-refractivity contribution in [1.82, 2.24) is 15.3 Å². The van der Waals surface area contributed by atoms with E-state index in [1.807, 2.05) is 25.1 Å². The van der Waals surface area contributed by atoms with E-state index in [-0.39, 0.29) is 24.2 Å². The summed E-state index contributed by atoms with van der Waals surface area (Å²) in [4.78, 5) is 33.7. The van der Waals surface area contributed by atoms with Gasteiger partial charge >= 0.3 is 5.97 Å². The van der Waals surface area contributed by atoms with Crippen LogP contribution in [0.15, 0.2) is 84.9 Å². The molecule has 1 amide bonds. The number of aryl methyl sites for hydroxylation is 1. The fraction of sp³-hybridized carbons (Fsp3) is 0.188. The molecule has 0 aliphatic carbocycles. The Morgan fingerprint density at radius 3 is 2.41 bits per heavy atom. The molecule has 1 atom stereocenters. The molecule has 1 unspecified atom stereocenters. The number of carboxylic acid groups (broad SMARTS) is 1. The van der Waals surface area contributed by atoms with Crippen molar-refractivity contribution < 1.29 is 19.1 Å². The summed E-state index contributed by atoms with van der Waals surface area (Å²) >= 11 is 0. The lowest BCUT2D eigenvalue weighted by molar-refractivity contribution is -0.137. The predicted octanol–water partition coefficient (Wildman–Crippen LogP) is 6.88. The van der Waals surface area contributed by atoms with Gasteiger partial charge in [0.1, 0.15) is 5.82 Å². The molecule has 0 fully saturated rings. The van der Waals surface area contributed by atoms with Gasteiger partial charge in [0.05, 0.1) is 28.5 Å². The van der Waals surface area contributed by atoms with Gasteiger partial charge in [0.25, 0.3) is 5.91 Å². The van der Waals surface area contributed by atoms with Crippen molar-refractivity contribution in [2.24, 2.45) is 0 Å². The van der Waals surface area contributed by atoms with E-state index in [1.54, 1.807) is 30.3 Å². The molecule has 0 aliphatic rings. The molecule has 0 aliphatic heterocycles. The number of carboxylic acids is 1. The molecule has 0 bridgehead atoms. The van der Waals surface area contributed by atoms with E-state index in [1.165, 1.54) is 12.1 Å². The molecular formula is C32H28FN3O3. The molecule has 5 aromatic rings. The molecule has 1 heterocycles. The summed E-state index contributed by atoms with van der Waals surface area (Å²) < 4.78 is 13.5. The molecule has 0 radical (unpaired) electrons. The number of carbonyl (C=O) groups is 2. The van der Waals surface area contributed by atoms with E-state index in [0.717, 1.165) is 21.9 Å². The van der Waals surface area contributed by atoms with Gasteiger partial charge in [0.15, 0.2) is 0 Å². The fourth-order valence-corrected chi connectivity index (χ4v) is 4.65. The largest absolute Gasteiger partial charge is 0.481 e. The topological polar surface area (TPSA) is 92.2 Å². The lowest BCUT2D eigenvalue weighted by Gasteiger charge is -2.16. The third-order valence-corrected chi connectivity index (χ3v) is 6.79. The highest BCUT2D eigenvalue weighted by atomic mass is 19.1. The number of hydrogen-bond donors (Lipinski definition) is 2. The van der Waals surface area contributed by atoms with E-state index in [9.17, 15) is 14.0 Å². The number of nitrogens with one attached hydrogen (secondary N) is 1. The van der Waals surface area contributed by atoms with Crippen molar-refractivity contribution >= 4 is 33.7 Å². The summed E-state index contributed by atoms with van der Waals surface area (Å²) in [6, 6.07) is 25.3. The molecule has 4 aromatic carbocycles. The van der Waals surface area contributed by atoms with Gasteiger partial charge in [-0.25, -0.2) is 14.4 Å². The first-order valence-corrected chi connectivity index (χ1v) is 13.0. The lowest BCUT2D eigenvalue weighted by atomic mass is 10.0. The van der Waals surface area contributed by atoms with Gasteiger partial charge < -0.3 is 10.4 Å². The maximum absolute atomic E-state index is 13.5. The van der Waals surface area contributed by atoms with Crippen LogP contribution in [0, 0.1) is 5.82 Å². The number of nitrogens with zero attached hydrogens (tertiary/aromatic N) is 2. The van der Waals surface area contributed by atoms with Crippen LogP contribution in [-0.2, 0) is 11.2 Å². The minimum Gasteiger partial charge on any atom is -0.481 e. The van der Waals surface area contributed by atoms with Crippen molar-refractivity contribution in [3.8, 4) is 11.3 Å². The van der Waals surface area contributed by atoms with Crippen molar-refractivity contribution in [1.29, 1.82) is 0 Å². The molecule has 2 N–H and O–H groups in total. The molecule has 196 valence electrons. The van der Waals surface area contributed by atoms with E-state index >= 15 is 0 Å². The Kier molecular flexibility index (Phi) is 7.59. The summed E-state index contributed by atoms with van der Waals surface area (Å²) in [7, 11) is 0. The van der Waals surface area contributed by atoms with Crippen molar-refractivity contribution in [2.45, 2.75) is 38.6 Å². The standard InChI is InChI=1S/C32H28FN3O3/c1-20(23-11-10-21-6-2-3-7-24(21)18-23)34-32(39)25-14-17-27-29(19-25)35-28(8-4-5-9-30(37)38)31(36-27)22-12-15-26(33)16-13-22/h2-3,6-7,10-20H,4-5,8-9H2,1H3,(H,34,39)(H,37,38). The van der Waals surface area contributed by atoms with Crippen LogP contribution in [0.5, 0.6) is 0 Å². The SMILES string of the molecule is CC(NC(=O)c1ccc2nc(-c3ccc(F)cc3)c(CCCCC(=O)O)nc2c1)c1ccc2ccccc2c1. The quantitative estimate of drug-likeness (QED) is 0.206. The highest BCUT2D eigenvalue weighted by molar-refractivity contribution is 5.97. The summed E-state index contributed by atoms with van der Waals surface area (Å²) in [5.41, 5.74) is 4.69. The van der Waals surface area contributed by atoms with Crippen LogP contribution in [0.4, 0.5) is 4.39 Å². The highest BCUT2D eigenvalue weighted by Gasteiger charge is 2.16. The van der Waals surface area contributed by atoms with Crippen molar-refractivity contribution in [3.05, 3.63) is 108 Å². The van der Waals surface area contributed by atoms with Crippen molar-refractivity contribution in [3.63, 3.8) is 0 Å². The molecular weight excluding hydrogens is 493 g/mol. The average Bonchev–Trinajstić information content (AvgIpc) is 2.94. The fourth-order valence-electron chi connectivity index (χ4n) is 4.65. The first-order valence-electron chi connectivity index (χ1n) is 13.0. The second-order valence-electron chi connectivity index (χ2n) is 9.63. The number of halogens is 1. The van der Waals surface area contributed by atoms with Crippen LogP contribution in [0.2, 0.25) is 0 Å². The van der Waals surface area contributed by atoms with Crippen LogP contribution in [0.3, 0.4) is 0 Å². The van der Waals surface area contributed by atoms with Crippen LogP contribution < -0.4 is 5.32 Å². The Balaban J connectivity index is 1.41. The van der Waals surface area contributed by atoms with E-state index in [4.69, 9.17) is 15.1 Å². The molecule has 0 saturated heterocycles. The second kappa shape index (κ2) is 11.4. The zero-order valence-electron chi connectivity index (χ0n) is 21.5. The number of fused-ring (bicyclic) bond motifs is 2. The zero-order valence-corrected chi connectivity index (χ0v) is 21.5. The minimum absolute atomic E-state index is 0.0760. The second-order valence-corrected chi connectivity index (χ2v) is 9.63. The van der Waals surface area contributed by atoms with Crippen LogP contribution >= 0.6 is 0 Å². The monoisotopic (exact) mass is 521 g/mol. The number of carbonyl (C=O) groups excluding carboxylic acids is 1. The Morgan fingerprint density at radius 2 is 1.64 bits per heavy atom. The summed E-state index contributed by atoms with van der Waals surface area (Å²) in [5, 5.41) is 14.3. The molecule has 5 rings (SSSR count). The number of hydrogen-bond acceptors (Lipinski definition) is 4. The number of aromatic nitrogens is 2. The maximum atomic E-state index is 13.5. The van der Waals surface area contributed by atoms with E-state index in [2.05, 4.69) is 29.6 Å². The van der Waals surface area contributed by atoms with Gasteiger partial charge in [-0.05, 0) is 91.1 Å². The Labute approximate surface area is 225 Å². The van der Waals surface area contributed by atoms with E-state index in [0.29, 0.717) is 47.2 Å². The summed E-state index contributed by atoms with van der Waals surface area (Å²) in [5.74, 6) is -1.40. The predicted molar refractivity (Wildman–Crippen MR) is 150 cm³/mol. The molecule has 7 heteroatoms. The third kappa shape index (κ3) is 6.09. The van der Waals surface area contributed by atoms with Crippen LogP contribution in [0.25, 0.3) is 33.1 Å². The number of aliphatic carboxylic acids is 1. The van der Waals surface area contributed by atoms with Gasteiger partial charge in [-0.15, -0.1) is 0 Å². The lowest BCUT2D eigenvalue weighted by Crippen LogP contribution is -2.26. The summed E-state index contributed by atoms with van der Waals surface area (Å²) in [6.45, 7) is 1.95. The maximum Gasteiger partial charge on any atom is 0.303 e. The van der Waals surface area contributed by atoms with Crippen LogP contribution in [-0.4, -0.2) is 27.0 Å². The first kappa shape index (κ1) is 26.0. The molecule has 1 aromatic heterocycles. The Hall–Kier alpha value is -4.65. The van der Waals surface area contributed by atoms with Gasteiger partial charge in [-0.1, -0.05) is 36.4 Å². The number of unbranched alkanes of at least 4 members (excludes halogenated alkanes) is 1. The Morgan fingerprint density at radius 1 is 0.872 bits per heavy atom.